The van der Waals surface area contributed by atoms with Crippen molar-refractivity contribution in [2.45, 2.75) is 19.8 Å². The molecule has 0 amide bonds. The van der Waals surface area contributed by atoms with E-state index >= 15 is 0 Å². The van der Waals surface area contributed by atoms with Crippen LogP contribution in [0.4, 0.5) is 5.69 Å². The smallest absolute Gasteiger partial charge is 0.301 e. The highest BCUT2D eigenvalue weighted by Crippen LogP contribution is 2.32. The Morgan fingerprint density at radius 3 is 2.89 bits per heavy atom. The number of hydrogen-bond acceptors (Lipinski definition) is 3. The van der Waals surface area contributed by atoms with Gasteiger partial charge in [-0.1, -0.05) is 13.0 Å². The molecule has 0 spiro atoms. The van der Waals surface area contributed by atoms with Crippen LogP contribution in [0, 0.1) is 5.92 Å². The Labute approximate surface area is 121 Å². The van der Waals surface area contributed by atoms with E-state index in [-0.39, 0.29) is 11.4 Å². The third-order valence-electron chi connectivity index (χ3n) is 3.19. The van der Waals surface area contributed by atoms with Crippen LogP contribution < -0.4 is 4.72 Å². The van der Waals surface area contributed by atoms with E-state index in [0.29, 0.717) is 23.5 Å². The van der Waals surface area contributed by atoms with Gasteiger partial charge in [0.05, 0.1) is 10.2 Å². The van der Waals surface area contributed by atoms with Gasteiger partial charge in [-0.3, -0.25) is 4.72 Å². The second-order valence-corrected chi connectivity index (χ2v) is 7.37. The van der Waals surface area contributed by atoms with Gasteiger partial charge in [0.1, 0.15) is 0 Å². The normalized spacial score (nSPS) is 21.3. The molecular formula is C12H17BrN2O3S. The number of phenols is 1. The Balaban J connectivity index is 2.19. The van der Waals surface area contributed by atoms with Crippen molar-refractivity contribution in [3.8, 4) is 5.75 Å². The summed E-state index contributed by atoms with van der Waals surface area (Å²) in [4.78, 5) is 0. The first-order chi connectivity index (χ1) is 8.90. The van der Waals surface area contributed by atoms with E-state index < -0.39 is 10.2 Å². The van der Waals surface area contributed by atoms with Gasteiger partial charge in [0.25, 0.3) is 0 Å². The minimum Gasteiger partial charge on any atom is -0.505 e. The molecule has 1 aliphatic heterocycles. The largest absolute Gasteiger partial charge is 0.505 e. The van der Waals surface area contributed by atoms with Gasteiger partial charge in [0, 0.05) is 13.1 Å². The molecule has 2 rings (SSSR count). The van der Waals surface area contributed by atoms with Gasteiger partial charge in [0.15, 0.2) is 5.75 Å². The van der Waals surface area contributed by atoms with Crippen LogP contribution in [0.5, 0.6) is 5.75 Å². The van der Waals surface area contributed by atoms with E-state index in [1.807, 2.05) is 6.92 Å². The zero-order valence-electron chi connectivity index (χ0n) is 10.6. The molecule has 106 valence electrons. The fraction of sp³-hybridized carbons (Fsp3) is 0.500. The molecule has 2 N–H and O–H groups in total. The van der Waals surface area contributed by atoms with Gasteiger partial charge in [-0.15, -0.1) is 0 Å². The van der Waals surface area contributed by atoms with Crippen molar-refractivity contribution in [2.75, 3.05) is 17.8 Å². The van der Waals surface area contributed by atoms with Gasteiger partial charge in [0.2, 0.25) is 0 Å². The first-order valence-corrected chi connectivity index (χ1v) is 8.39. The summed E-state index contributed by atoms with van der Waals surface area (Å²) in [5.41, 5.74) is 0.188. The highest BCUT2D eigenvalue weighted by atomic mass is 79.9. The highest BCUT2D eigenvalue weighted by Gasteiger charge is 2.27. The summed E-state index contributed by atoms with van der Waals surface area (Å²) in [5, 5.41) is 9.82. The van der Waals surface area contributed by atoms with Crippen molar-refractivity contribution in [1.29, 1.82) is 0 Å². The molecule has 0 aliphatic carbocycles. The van der Waals surface area contributed by atoms with Gasteiger partial charge in [-0.25, -0.2) is 0 Å². The van der Waals surface area contributed by atoms with Gasteiger partial charge < -0.3 is 5.11 Å². The maximum atomic E-state index is 12.3. The Morgan fingerprint density at radius 2 is 2.21 bits per heavy atom. The van der Waals surface area contributed by atoms with Crippen LogP contribution in [-0.2, 0) is 10.2 Å². The third kappa shape index (κ3) is 3.40. The maximum absolute atomic E-state index is 12.3. The van der Waals surface area contributed by atoms with Crippen LogP contribution in [0.15, 0.2) is 22.7 Å². The molecule has 1 aromatic rings. The summed E-state index contributed by atoms with van der Waals surface area (Å²) in [6.07, 6.45) is 1.92. The predicted octanol–water partition coefficient (Wildman–Crippen LogP) is 2.54. The van der Waals surface area contributed by atoms with E-state index in [9.17, 15) is 13.5 Å². The summed E-state index contributed by atoms with van der Waals surface area (Å²) in [6.45, 7) is 3.08. The maximum Gasteiger partial charge on any atom is 0.301 e. The summed E-state index contributed by atoms with van der Waals surface area (Å²) in [6, 6.07) is 4.85. The molecule has 0 saturated carbocycles. The SMILES string of the molecule is CC1CCCN(S(=O)(=O)Nc2cccc(Br)c2O)C1. The van der Waals surface area contributed by atoms with E-state index in [0.717, 1.165) is 12.8 Å². The van der Waals surface area contributed by atoms with E-state index in [1.54, 1.807) is 12.1 Å². The van der Waals surface area contributed by atoms with Crippen LogP contribution in [0.3, 0.4) is 0 Å². The number of piperidine rings is 1. The van der Waals surface area contributed by atoms with Crippen LogP contribution in [0.25, 0.3) is 0 Å². The molecule has 1 aromatic carbocycles. The number of anilines is 1. The Morgan fingerprint density at radius 1 is 1.47 bits per heavy atom. The summed E-state index contributed by atoms with van der Waals surface area (Å²) in [5.74, 6) is 0.262. The monoisotopic (exact) mass is 348 g/mol. The number of benzene rings is 1. The lowest BCUT2D eigenvalue weighted by Crippen LogP contribution is -2.42. The predicted molar refractivity (Wildman–Crippen MR) is 78.3 cm³/mol. The topological polar surface area (TPSA) is 69.6 Å². The number of nitrogens with zero attached hydrogens (tertiary/aromatic N) is 1. The van der Waals surface area contributed by atoms with E-state index in [1.165, 1.54) is 10.4 Å². The Kier molecular flexibility index (Phi) is 4.37. The molecule has 1 fully saturated rings. The quantitative estimate of drug-likeness (QED) is 0.824. The number of nitrogens with one attached hydrogen (secondary N) is 1. The molecule has 0 radical (unpaired) electrons. The minimum atomic E-state index is -3.61. The highest BCUT2D eigenvalue weighted by molar-refractivity contribution is 9.10. The number of phenolic OH excluding ortho intramolecular Hbond substituents is 1. The summed E-state index contributed by atoms with van der Waals surface area (Å²) < 4.78 is 28.8. The number of rotatable bonds is 3. The summed E-state index contributed by atoms with van der Waals surface area (Å²) >= 11 is 3.16. The number of halogens is 1. The Bertz CT molecular complexity index is 562. The third-order valence-corrected chi connectivity index (χ3v) is 5.31. The zero-order valence-corrected chi connectivity index (χ0v) is 13.0. The van der Waals surface area contributed by atoms with Gasteiger partial charge in [-0.2, -0.15) is 12.7 Å². The molecule has 1 saturated heterocycles. The first kappa shape index (κ1) is 14.6. The molecular weight excluding hydrogens is 332 g/mol. The molecule has 0 bridgehead atoms. The second kappa shape index (κ2) is 5.68. The zero-order chi connectivity index (χ0) is 14.0. The molecule has 0 aromatic heterocycles. The molecule has 1 unspecified atom stereocenters. The lowest BCUT2D eigenvalue weighted by molar-refractivity contribution is 0.282. The lowest BCUT2D eigenvalue weighted by Gasteiger charge is -2.30. The molecule has 1 heterocycles. The van der Waals surface area contributed by atoms with Crippen molar-refractivity contribution in [2.24, 2.45) is 5.92 Å². The molecule has 1 atom stereocenters. The number of aromatic hydroxyl groups is 1. The van der Waals surface area contributed by atoms with Crippen LogP contribution >= 0.6 is 15.9 Å². The van der Waals surface area contributed by atoms with Crippen molar-refractivity contribution in [1.82, 2.24) is 4.31 Å². The number of para-hydroxylation sites is 1. The van der Waals surface area contributed by atoms with Crippen molar-refractivity contribution < 1.29 is 13.5 Å². The van der Waals surface area contributed by atoms with Crippen LogP contribution in [-0.4, -0.2) is 30.9 Å². The van der Waals surface area contributed by atoms with Gasteiger partial charge >= 0.3 is 10.2 Å². The fourth-order valence-corrected chi connectivity index (χ4v) is 3.92. The van der Waals surface area contributed by atoms with Crippen LogP contribution in [0.2, 0.25) is 0 Å². The first-order valence-electron chi connectivity index (χ1n) is 6.15. The van der Waals surface area contributed by atoms with E-state index in [4.69, 9.17) is 0 Å². The fourth-order valence-electron chi connectivity index (χ4n) is 2.17. The van der Waals surface area contributed by atoms with Crippen LogP contribution in [0.1, 0.15) is 19.8 Å². The average molecular weight is 349 g/mol. The van der Waals surface area contributed by atoms with Gasteiger partial charge in [-0.05, 0) is 46.8 Å². The number of hydrogen-bond donors (Lipinski definition) is 2. The van der Waals surface area contributed by atoms with Crippen molar-refractivity contribution in [3.63, 3.8) is 0 Å². The lowest BCUT2D eigenvalue weighted by atomic mass is 10.0. The second-order valence-electron chi connectivity index (χ2n) is 4.85. The molecule has 7 heteroatoms. The standard InChI is InChI=1S/C12H17BrN2O3S/c1-9-4-3-7-15(8-9)19(17,18)14-11-6-2-5-10(13)12(11)16/h2,5-6,9,14,16H,3-4,7-8H2,1H3. The molecule has 19 heavy (non-hydrogen) atoms. The molecule has 5 nitrogen and oxygen atoms in total. The van der Waals surface area contributed by atoms with Crippen molar-refractivity contribution in [3.05, 3.63) is 22.7 Å². The van der Waals surface area contributed by atoms with E-state index in [2.05, 4.69) is 20.7 Å². The average Bonchev–Trinajstić information content (AvgIpc) is 2.35. The molecule has 1 aliphatic rings. The van der Waals surface area contributed by atoms with Crippen molar-refractivity contribution >= 4 is 31.8 Å². The summed E-state index contributed by atoms with van der Waals surface area (Å²) in [7, 11) is -3.61. The minimum absolute atomic E-state index is 0.101. The Hall–Kier alpha value is -0.790.